The molecule has 1 aromatic heterocycles. The highest BCUT2D eigenvalue weighted by Crippen LogP contribution is 2.43. The van der Waals surface area contributed by atoms with Crippen LogP contribution in [0, 0.1) is 0 Å². The molecule has 0 unspecified atom stereocenters. The zero-order valence-electron chi connectivity index (χ0n) is 23.9. The van der Waals surface area contributed by atoms with Gasteiger partial charge in [0.25, 0.3) is 0 Å². The second-order valence-electron chi connectivity index (χ2n) is 11.4. The van der Waals surface area contributed by atoms with Gasteiger partial charge in [-0.2, -0.15) is 0 Å². The van der Waals surface area contributed by atoms with Gasteiger partial charge in [-0.1, -0.05) is 109 Å². The zero-order valence-corrected chi connectivity index (χ0v) is 23.9. The predicted molar refractivity (Wildman–Crippen MR) is 186 cm³/mol. The third-order valence-corrected chi connectivity index (χ3v) is 8.79. The summed E-state index contributed by atoms with van der Waals surface area (Å²) in [6.07, 6.45) is 0. The molecule has 0 saturated heterocycles. The second-order valence-corrected chi connectivity index (χ2v) is 11.4. The van der Waals surface area contributed by atoms with Gasteiger partial charge in [0, 0.05) is 27.7 Å². The Morgan fingerprint density at radius 1 is 0.364 bits per heavy atom. The average molecular weight is 562 g/mol. The minimum Gasteiger partial charge on any atom is -0.456 e. The van der Waals surface area contributed by atoms with Crippen LogP contribution in [0.4, 0.5) is 17.1 Å². The van der Waals surface area contributed by atoms with Gasteiger partial charge >= 0.3 is 0 Å². The van der Waals surface area contributed by atoms with E-state index < -0.39 is 0 Å². The predicted octanol–water partition coefficient (Wildman–Crippen LogP) is 12.2. The van der Waals surface area contributed by atoms with Crippen LogP contribution < -0.4 is 4.90 Å². The van der Waals surface area contributed by atoms with E-state index in [9.17, 15) is 0 Å². The standard InChI is InChI=1S/C42H27NO/c1-2-13-33(14-3-1)43(34-21-22-36-31(24-34)19-18-28-10-6-7-15-35(28)36)40-17-9-8-16-37(40)32-20-23-41-38(26-32)39-25-29-11-4-5-12-30(29)27-42(39)44-41/h1-27H. The van der Waals surface area contributed by atoms with Gasteiger partial charge in [-0.3, -0.25) is 0 Å². The summed E-state index contributed by atoms with van der Waals surface area (Å²) in [5.74, 6) is 0. The largest absolute Gasteiger partial charge is 0.456 e. The van der Waals surface area contributed by atoms with Crippen molar-refractivity contribution in [2.45, 2.75) is 0 Å². The van der Waals surface area contributed by atoms with Crippen molar-refractivity contribution in [3.63, 3.8) is 0 Å². The smallest absolute Gasteiger partial charge is 0.136 e. The highest BCUT2D eigenvalue weighted by molar-refractivity contribution is 6.12. The van der Waals surface area contributed by atoms with E-state index >= 15 is 0 Å². The first kappa shape index (κ1) is 24.7. The molecule has 1 heterocycles. The summed E-state index contributed by atoms with van der Waals surface area (Å²) in [6, 6.07) is 58.6. The highest BCUT2D eigenvalue weighted by Gasteiger charge is 2.18. The lowest BCUT2D eigenvalue weighted by molar-refractivity contribution is 0.669. The number of rotatable bonds is 4. The molecule has 0 bridgehead atoms. The van der Waals surface area contributed by atoms with Gasteiger partial charge in [-0.15, -0.1) is 0 Å². The Morgan fingerprint density at radius 3 is 1.93 bits per heavy atom. The van der Waals surface area contributed by atoms with Crippen LogP contribution in [0.5, 0.6) is 0 Å². The number of hydrogen-bond donors (Lipinski definition) is 0. The number of hydrogen-bond acceptors (Lipinski definition) is 2. The minimum absolute atomic E-state index is 0.901. The number of anilines is 3. The first-order chi connectivity index (χ1) is 21.8. The Morgan fingerprint density at radius 2 is 1.05 bits per heavy atom. The maximum absolute atomic E-state index is 6.33. The Bertz CT molecular complexity index is 2510. The summed E-state index contributed by atoms with van der Waals surface area (Å²) in [6.45, 7) is 0. The monoisotopic (exact) mass is 561 g/mol. The number of nitrogens with zero attached hydrogens (tertiary/aromatic N) is 1. The Balaban J connectivity index is 1.24. The molecule has 0 aliphatic heterocycles. The topological polar surface area (TPSA) is 16.4 Å². The molecule has 206 valence electrons. The van der Waals surface area contributed by atoms with Crippen molar-refractivity contribution in [1.82, 2.24) is 0 Å². The van der Waals surface area contributed by atoms with Crippen LogP contribution in [0.15, 0.2) is 168 Å². The van der Waals surface area contributed by atoms with Crippen LogP contribution in [0.1, 0.15) is 0 Å². The lowest BCUT2D eigenvalue weighted by Gasteiger charge is -2.28. The minimum atomic E-state index is 0.901. The number of fused-ring (bicyclic) bond motifs is 7. The van der Waals surface area contributed by atoms with E-state index in [2.05, 4.69) is 169 Å². The molecule has 9 aromatic rings. The van der Waals surface area contributed by atoms with E-state index in [0.29, 0.717) is 0 Å². The first-order valence-electron chi connectivity index (χ1n) is 15.0. The summed E-state index contributed by atoms with van der Waals surface area (Å²) in [5, 5.41) is 9.68. The summed E-state index contributed by atoms with van der Waals surface area (Å²) >= 11 is 0. The zero-order chi connectivity index (χ0) is 29.0. The SMILES string of the molecule is c1ccc(N(c2ccc3c(ccc4ccccc43)c2)c2ccccc2-c2ccc3oc4cc5ccccc5cc4c3c2)cc1. The van der Waals surface area contributed by atoms with Crippen LogP contribution in [0.3, 0.4) is 0 Å². The van der Waals surface area contributed by atoms with Crippen molar-refractivity contribution in [2.24, 2.45) is 0 Å². The number of furan rings is 1. The Labute approximate surface area is 255 Å². The van der Waals surface area contributed by atoms with Crippen molar-refractivity contribution in [1.29, 1.82) is 0 Å². The molecule has 0 spiro atoms. The molecule has 0 aliphatic rings. The molecule has 8 aromatic carbocycles. The average Bonchev–Trinajstić information content (AvgIpc) is 3.44. The van der Waals surface area contributed by atoms with Gasteiger partial charge in [-0.05, 0) is 92.5 Å². The molecule has 0 radical (unpaired) electrons. The van der Waals surface area contributed by atoms with Crippen LogP contribution in [-0.2, 0) is 0 Å². The van der Waals surface area contributed by atoms with Crippen molar-refractivity contribution in [3.05, 3.63) is 164 Å². The molecule has 0 amide bonds. The van der Waals surface area contributed by atoms with E-state index in [0.717, 1.165) is 50.1 Å². The number of benzene rings is 8. The van der Waals surface area contributed by atoms with Crippen molar-refractivity contribution >= 4 is 71.3 Å². The number of para-hydroxylation sites is 2. The molecule has 0 N–H and O–H groups in total. The highest BCUT2D eigenvalue weighted by atomic mass is 16.3. The first-order valence-corrected chi connectivity index (χ1v) is 15.0. The summed E-state index contributed by atoms with van der Waals surface area (Å²) < 4.78 is 6.33. The molecule has 9 rings (SSSR count). The van der Waals surface area contributed by atoms with Gasteiger partial charge in [0.05, 0.1) is 5.69 Å². The van der Waals surface area contributed by atoms with Crippen molar-refractivity contribution < 1.29 is 4.42 Å². The summed E-state index contributed by atoms with van der Waals surface area (Å²) in [4.78, 5) is 2.37. The van der Waals surface area contributed by atoms with Crippen molar-refractivity contribution in [3.8, 4) is 11.1 Å². The molecule has 0 saturated carbocycles. The van der Waals surface area contributed by atoms with E-state index in [4.69, 9.17) is 4.42 Å². The molecule has 0 aliphatic carbocycles. The molecular formula is C42H27NO. The van der Waals surface area contributed by atoms with Crippen LogP contribution in [0.2, 0.25) is 0 Å². The fourth-order valence-electron chi connectivity index (χ4n) is 6.69. The molecule has 0 fully saturated rings. The Hall–Kier alpha value is -5.86. The lowest BCUT2D eigenvalue weighted by Crippen LogP contribution is -2.11. The van der Waals surface area contributed by atoms with Gasteiger partial charge < -0.3 is 9.32 Å². The van der Waals surface area contributed by atoms with E-state index in [-0.39, 0.29) is 0 Å². The van der Waals surface area contributed by atoms with Gasteiger partial charge in [-0.25, -0.2) is 0 Å². The van der Waals surface area contributed by atoms with Gasteiger partial charge in [0.15, 0.2) is 0 Å². The molecule has 2 heteroatoms. The molecule has 0 atom stereocenters. The third kappa shape index (κ3) is 3.96. The van der Waals surface area contributed by atoms with Gasteiger partial charge in [0.1, 0.15) is 11.2 Å². The molecular weight excluding hydrogens is 534 g/mol. The molecule has 44 heavy (non-hydrogen) atoms. The lowest BCUT2D eigenvalue weighted by atomic mass is 9.98. The fraction of sp³-hybridized carbons (Fsp3) is 0. The van der Waals surface area contributed by atoms with E-state index in [1.807, 2.05) is 0 Å². The van der Waals surface area contributed by atoms with Crippen LogP contribution in [0.25, 0.3) is 65.4 Å². The normalized spacial score (nSPS) is 11.6. The van der Waals surface area contributed by atoms with E-state index in [1.165, 1.54) is 32.3 Å². The summed E-state index contributed by atoms with van der Waals surface area (Å²) in [5.41, 5.74) is 7.48. The third-order valence-electron chi connectivity index (χ3n) is 8.79. The van der Waals surface area contributed by atoms with Crippen molar-refractivity contribution in [2.75, 3.05) is 4.90 Å². The van der Waals surface area contributed by atoms with Crippen LogP contribution in [-0.4, -0.2) is 0 Å². The molecule has 2 nitrogen and oxygen atoms in total. The van der Waals surface area contributed by atoms with E-state index in [1.54, 1.807) is 0 Å². The van der Waals surface area contributed by atoms with Crippen LogP contribution >= 0.6 is 0 Å². The second kappa shape index (κ2) is 9.86. The maximum atomic E-state index is 6.33. The maximum Gasteiger partial charge on any atom is 0.136 e. The fourth-order valence-corrected chi connectivity index (χ4v) is 6.69. The Kier molecular flexibility index (Phi) is 5.54. The van der Waals surface area contributed by atoms with Gasteiger partial charge in [0.2, 0.25) is 0 Å². The summed E-state index contributed by atoms with van der Waals surface area (Å²) in [7, 11) is 0. The quantitative estimate of drug-likeness (QED) is 0.199.